The fourth-order valence-electron chi connectivity index (χ4n) is 3.23. The van der Waals surface area contributed by atoms with E-state index in [0.29, 0.717) is 18.7 Å². The zero-order valence-corrected chi connectivity index (χ0v) is 11.4. The highest BCUT2D eigenvalue weighted by molar-refractivity contribution is 5.72. The fourth-order valence-corrected chi connectivity index (χ4v) is 3.23. The van der Waals surface area contributed by atoms with Gasteiger partial charge in [0, 0.05) is 12.1 Å². The second kappa shape index (κ2) is 6.53. The molecular weight excluding hydrogens is 228 g/mol. The average Bonchev–Trinajstić information content (AvgIpc) is 2.40. The minimum atomic E-state index is 0.00261. The highest BCUT2D eigenvalue weighted by Gasteiger charge is 2.30. The molecule has 104 valence electrons. The molecule has 0 bridgehead atoms. The van der Waals surface area contributed by atoms with Crippen LogP contribution in [0.15, 0.2) is 0 Å². The fraction of sp³-hybridized carbons (Fsp3) is 0.929. The molecule has 4 heteroatoms. The van der Waals surface area contributed by atoms with Gasteiger partial charge in [0.05, 0.1) is 12.5 Å². The first-order valence-corrected chi connectivity index (χ1v) is 7.37. The Labute approximate surface area is 110 Å². The molecule has 1 aliphatic heterocycles. The van der Waals surface area contributed by atoms with Crippen molar-refractivity contribution in [2.45, 2.75) is 57.5 Å². The molecule has 2 N–H and O–H groups in total. The van der Waals surface area contributed by atoms with Crippen LogP contribution in [0.5, 0.6) is 0 Å². The van der Waals surface area contributed by atoms with Gasteiger partial charge < -0.3 is 15.4 Å². The molecule has 0 unspecified atom stereocenters. The van der Waals surface area contributed by atoms with Gasteiger partial charge in [-0.15, -0.1) is 0 Å². The highest BCUT2D eigenvalue weighted by Crippen LogP contribution is 2.27. The Hall–Kier alpha value is -0.610. The zero-order valence-electron chi connectivity index (χ0n) is 11.4. The van der Waals surface area contributed by atoms with Gasteiger partial charge in [-0.2, -0.15) is 0 Å². The lowest BCUT2D eigenvalue weighted by molar-refractivity contribution is -0.149. The summed E-state index contributed by atoms with van der Waals surface area (Å²) < 4.78 is 5.10. The number of hydrogen-bond donors (Lipinski definition) is 1. The van der Waals surface area contributed by atoms with E-state index < -0.39 is 0 Å². The third kappa shape index (κ3) is 3.45. The Balaban J connectivity index is 1.74. The van der Waals surface area contributed by atoms with E-state index in [1.54, 1.807) is 0 Å². The van der Waals surface area contributed by atoms with Crippen molar-refractivity contribution in [3.05, 3.63) is 0 Å². The van der Waals surface area contributed by atoms with Gasteiger partial charge in [-0.25, -0.2) is 0 Å². The predicted molar refractivity (Wildman–Crippen MR) is 71.2 cm³/mol. The summed E-state index contributed by atoms with van der Waals surface area (Å²) in [4.78, 5) is 14.2. The maximum absolute atomic E-state index is 11.7. The number of nitrogens with two attached hydrogens (primary N) is 1. The van der Waals surface area contributed by atoms with Crippen LogP contribution in [0, 0.1) is 5.92 Å². The van der Waals surface area contributed by atoms with Crippen LogP contribution in [0.3, 0.4) is 0 Å². The minimum Gasteiger partial charge on any atom is -0.466 e. The number of piperidine rings is 1. The molecule has 18 heavy (non-hydrogen) atoms. The van der Waals surface area contributed by atoms with Crippen LogP contribution < -0.4 is 5.73 Å². The van der Waals surface area contributed by atoms with Gasteiger partial charge in [0.2, 0.25) is 0 Å². The molecule has 4 nitrogen and oxygen atoms in total. The van der Waals surface area contributed by atoms with Crippen molar-refractivity contribution in [2.75, 3.05) is 19.7 Å². The van der Waals surface area contributed by atoms with Gasteiger partial charge in [0.1, 0.15) is 0 Å². The average molecular weight is 254 g/mol. The maximum atomic E-state index is 11.7. The summed E-state index contributed by atoms with van der Waals surface area (Å²) in [5.74, 6) is 0.134. The normalized spacial score (nSPS) is 31.2. The molecule has 1 heterocycles. The van der Waals surface area contributed by atoms with Crippen LogP contribution in [0.4, 0.5) is 0 Å². The minimum absolute atomic E-state index is 0.00261. The monoisotopic (exact) mass is 254 g/mol. The maximum Gasteiger partial charge on any atom is 0.309 e. The summed E-state index contributed by atoms with van der Waals surface area (Å²) in [6.45, 7) is 4.46. The number of likely N-dealkylation sites (tertiary alicyclic amines) is 1. The van der Waals surface area contributed by atoms with E-state index in [1.807, 2.05) is 6.92 Å². The molecule has 0 aromatic carbocycles. The number of carbonyl (C=O) groups excluding carboxylic acids is 1. The Morgan fingerprint density at radius 2 is 1.78 bits per heavy atom. The lowest BCUT2D eigenvalue weighted by atomic mass is 9.88. The molecule has 2 rings (SSSR count). The quantitative estimate of drug-likeness (QED) is 0.776. The van der Waals surface area contributed by atoms with Gasteiger partial charge in [-0.05, 0) is 58.5 Å². The predicted octanol–water partition coefficient (Wildman–Crippen LogP) is 1.53. The Bertz CT molecular complexity index is 267. The largest absolute Gasteiger partial charge is 0.466 e. The van der Waals surface area contributed by atoms with Crippen LogP contribution in [-0.4, -0.2) is 42.6 Å². The van der Waals surface area contributed by atoms with Crippen molar-refractivity contribution in [2.24, 2.45) is 11.7 Å². The first kappa shape index (κ1) is 13.8. The van der Waals surface area contributed by atoms with E-state index >= 15 is 0 Å². The summed E-state index contributed by atoms with van der Waals surface area (Å²) >= 11 is 0. The van der Waals surface area contributed by atoms with Crippen LogP contribution in [0.25, 0.3) is 0 Å². The third-order valence-electron chi connectivity index (χ3n) is 4.41. The molecule has 1 saturated carbocycles. The van der Waals surface area contributed by atoms with E-state index in [9.17, 15) is 4.79 Å². The summed E-state index contributed by atoms with van der Waals surface area (Å²) in [6, 6.07) is 1.12. The van der Waals surface area contributed by atoms with Gasteiger partial charge >= 0.3 is 5.97 Å². The number of esters is 1. The first-order chi connectivity index (χ1) is 8.70. The van der Waals surface area contributed by atoms with Crippen LogP contribution in [0.2, 0.25) is 0 Å². The van der Waals surface area contributed by atoms with Crippen LogP contribution >= 0.6 is 0 Å². The van der Waals surface area contributed by atoms with Gasteiger partial charge in [-0.3, -0.25) is 4.79 Å². The van der Waals surface area contributed by atoms with E-state index in [-0.39, 0.29) is 11.9 Å². The summed E-state index contributed by atoms with van der Waals surface area (Å²) in [7, 11) is 0. The van der Waals surface area contributed by atoms with E-state index in [0.717, 1.165) is 38.8 Å². The van der Waals surface area contributed by atoms with Crippen LogP contribution in [0.1, 0.15) is 45.4 Å². The van der Waals surface area contributed by atoms with Crippen LogP contribution in [-0.2, 0) is 9.53 Å². The van der Waals surface area contributed by atoms with Gasteiger partial charge in [0.15, 0.2) is 0 Å². The van der Waals surface area contributed by atoms with Gasteiger partial charge in [-0.1, -0.05) is 0 Å². The lowest BCUT2D eigenvalue weighted by Crippen LogP contribution is -2.45. The number of rotatable bonds is 3. The number of carbonyl (C=O) groups is 1. The van der Waals surface area contributed by atoms with E-state index in [4.69, 9.17) is 10.5 Å². The van der Waals surface area contributed by atoms with Crippen molar-refractivity contribution in [3.8, 4) is 0 Å². The molecule has 1 saturated heterocycles. The summed E-state index contributed by atoms with van der Waals surface area (Å²) in [6.07, 6.45) is 6.68. The Kier molecular flexibility index (Phi) is 5.01. The van der Waals surface area contributed by atoms with Crippen molar-refractivity contribution < 1.29 is 9.53 Å². The molecule has 0 spiro atoms. The molecule has 2 aliphatic rings. The van der Waals surface area contributed by atoms with Crippen molar-refractivity contribution in [3.63, 3.8) is 0 Å². The Morgan fingerprint density at radius 3 is 2.33 bits per heavy atom. The third-order valence-corrected chi connectivity index (χ3v) is 4.41. The molecule has 0 amide bonds. The molecule has 1 aliphatic carbocycles. The Morgan fingerprint density at radius 1 is 1.17 bits per heavy atom. The van der Waals surface area contributed by atoms with Crippen molar-refractivity contribution in [1.82, 2.24) is 4.90 Å². The zero-order chi connectivity index (χ0) is 13.0. The lowest BCUT2D eigenvalue weighted by Gasteiger charge is -2.39. The van der Waals surface area contributed by atoms with Gasteiger partial charge in [0.25, 0.3) is 0 Å². The molecular formula is C14H26N2O2. The molecule has 0 radical (unpaired) electrons. The topological polar surface area (TPSA) is 55.6 Å². The molecule has 0 aromatic heterocycles. The summed E-state index contributed by atoms with van der Waals surface area (Å²) in [5, 5.41) is 0. The standard InChI is InChI=1S/C14H26N2O2/c1-2-18-14(17)11-7-9-16(10-8-11)13-5-3-12(15)4-6-13/h11-13H,2-10,15H2,1H3. The van der Waals surface area contributed by atoms with Crippen molar-refractivity contribution in [1.29, 1.82) is 0 Å². The second-order valence-electron chi connectivity index (χ2n) is 5.63. The number of ether oxygens (including phenoxy) is 1. The molecule has 2 fully saturated rings. The molecule has 0 aromatic rings. The SMILES string of the molecule is CCOC(=O)C1CCN(C2CCC(N)CC2)CC1. The number of hydrogen-bond acceptors (Lipinski definition) is 4. The van der Waals surface area contributed by atoms with E-state index in [2.05, 4.69) is 4.90 Å². The second-order valence-corrected chi connectivity index (χ2v) is 5.63. The summed E-state index contributed by atoms with van der Waals surface area (Å²) in [5.41, 5.74) is 5.94. The van der Waals surface area contributed by atoms with Crippen molar-refractivity contribution >= 4 is 5.97 Å². The highest BCUT2D eigenvalue weighted by atomic mass is 16.5. The molecule has 0 atom stereocenters. The number of nitrogens with zero attached hydrogens (tertiary/aromatic N) is 1. The first-order valence-electron chi connectivity index (χ1n) is 7.37. The van der Waals surface area contributed by atoms with E-state index in [1.165, 1.54) is 12.8 Å². The smallest absolute Gasteiger partial charge is 0.309 e.